The molecular formula is C16H26O8. The second kappa shape index (κ2) is 7.23. The van der Waals surface area contributed by atoms with Crippen molar-refractivity contribution in [2.45, 2.75) is 50.5 Å². The molecule has 0 amide bonds. The quantitative estimate of drug-likeness (QED) is 0.460. The Balaban J connectivity index is 1.60. The van der Waals surface area contributed by atoms with Crippen molar-refractivity contribution in [1.29, 1.82) is 0 Å². The second-order valence-electron chi connectivity index (χ2n) is 7.17. The maximum absolute atomic E-state index is 11.9. The lowest BCUT2D eigenvalue weighted by Crippen LogP contribution is -2.59. The molecular weight excluding hydrogens is 320 g/mol. The first kappa shape index (κ1) is 18.0. The van der Waals surface area contributed by atoms with Gasteiger partial charge in [0.05, 0.1) is 25.7 Å². The Bertz CT molecular complexity index is 455. The molecule has 1 aliphatic carbocycles. The molecule has 138 valence electrons. The summed E-state index contributed by atoms with van der Waals surface area (Å²) in [4.78, 5) is 11.9. The summed E-state index contributed by atoms with van der Waals surface area (Å²) in [6.07, 6.45) is -4.49. The van der Waals surface area contributed by atoms with E-state index >= 15 is 0 Å². The third-order valence-corrected chi connectivity index (χ3v) is 5.67. The highest BCUT2D eigenvalue weighted by Crippen LogP contribution is 2.44. The molecule has 3 aliphatic rings. The molecule has 2 saturated heterocycles. The van der Waals surface area contributed by atoms with E-state index in [9.17, 15) is 25.2 Å². The number of hydrogen-bond donors (Lipinski definition) is 4. The van der Waals surface area contributed by atoms with Crippen LogP contribution in [0.4, 0.5) is 0 Å². The molecule has 2 aliphatic heterocycles. The molecule has 0 spiro atoms. The van der Waals surface area contributed by atoms with Gasteiger partial charge in [-0.15, -0.1) is 0 Å². The van der Waals surface area contributed by atoms with Crippen LogP contribution in [0.5, 0.6) is 0 Å². The number of cyclic esters (lactones) is 1. The summed E-state index contributed by atoms with van der Waals surface area (Å²) in [6, 6.07) is 0. The second-order valence-corrected chi connectivity index (χ2v) is 7.17. The first-order chi connectivity index (χ1) is 11.4. The Labute approximate surface area is 140 Å². The van der Waals surface area contributed by atoms with Gasteiger partial charge < -0.3 is 34.6 Å². The maximum atomic E-state index is 11.9. The van der Waals surface area contributed by atoms with Crippen LogP contribution in [0.15, 0.2) is 0 Å². The first-order valence-corrected chi connectivity index (χ1v) is 8.52. The maximum Gasteiger partial charge on any atom is 0.309 e. The standard InChI is InChI=1S/C16H26O8/c1-7-2-3-9-8(5-22-15(21)11(7)9)6-23-16-14(20)13(19)12(18)10(4-17)24-16/h7-14,16-20H,2-6H2,1H3/t7-,8+,9+,10-,11+,12-,13+,14+,16+/m0/s1. The number of fused-ring (bicyclic) bond motifs is 1. The molecule has 2 heterocycles. The minimum absolute atomic E-state index is 0.00465. The van der Waals surface area contributed by atoms with Gasteiger partial charge in [0, 0.05) is 5.92 Å². The van der Waals surface area contributed by atoms with Crippen molar-refractivity contribution < 1.29 is 39.4 Å². The first-order valence-electron chi connectivity index (χ1n) is 8.52. The Kier molecular flexibility index (Phi) is 5.43. The van der Waals surface area contributed by atoms with Crippen LogP contribution in [0.3, 0.4) is 0 Å². The number of aliphatic hydroxyl groups is 4. The van der Waals surface area contributed by atoms with Crippen molar-refractivity contribution in [2.24, 2.45) is 23.7 Å². The molecule has 0 radical (unpaired) electrons. The van der Waals surface area contributed by atoms with E-state index in [0.29, 0.717) is 0 Å². The van der Waals surface area contributed by atoms with Gasteiger partial charge in [-0.2, -0.15) is 0 Å². The van der Waals surface area contributed by atoms with Gasteiger partial charge in [0.15, 0.2) is 6.29 Å². The number of carbonyl (C=O) groups is 1. The SMILES string of the molecule is C[C@H]1CC[C@@H]2[C@@H](CO[C@@H]3O[C@@H](CO)[C@H](O)[C@@H](O)[C@H]3O)COC(=O)[C@@H]21. The molecule has 3 rings (SSSR count). The van der Waals surface area contributed by atoms with Crippen molar-refractivity contribution in [3.8, 4) is 0 Å². The Morgan fingerprint density at radius 3 is 2.62 bits per heavy atom. The monoisotopic (exact) mass is 346 g/mol. The Morgan fingerprint density at radius 1 is 1.17 bits per heavy atom. The van der Waals surface area contributed by atoms with Crippen molar-refractivity contribution in [3.05, 3.63) is 0 Å². The van der Waals surface area contributed by atoms with Gasteiger partial charge in [-0.3, -0.25) is 4.79 Å². The summed E-state index contributed by atoms with van der Waals surface area (Å²) in [5.74, 6) is 0.227. The van der Waals surface area contributed by atoms with Gasteiger partial charge in [0.1, 0.15) is 24.4 Å². The van der Waals surface area contributed by atoms with E-state index in [-0.39, 0.29) is 42.9 Å². The van der Waals surface area contributed by atoms with E-state index in [4.69, 9.17) is 14.2 Å². The van der Waals surface area contributed by atoms with E-state index in [2.05, 4.69) is 0 Å². The van der Waals surface area contributed by atoms with Crippen LogP contribution in [0.25, 0.3) is 0 Å². The Morgan fingerprint density at radius 2 is 1.92 bits per heavy atom. The van der Waals surface area contributed by atoms with Crippen LogP contribution in [-0.4, -0.2) is 76.9 Å². The fourth-order valence-corrected chi connectivity index (χ4v) is 4.18. The normalized spacial score (nSPS) is 48.9. The highest BCUT2D eigenvalue weighted by Gasteiger charge is 2.48. The van der Waals surface area contributed by atoms with Gasteiger partial charge in [-0.1, -0.05) is 6.92 Å². The van der Waals surface area contributed by atoms with Crippen LogP contribution < -0.4 is 0 Å². The summed E-state index contributed by atoms with van der Waals surface area (Å²) >= 11 is 0. The van der Waals surface area contributed by atoms with E-state index in [0.717, 1.165) is 12.8 Å². The molecule has 0 aromatic carbocycles. The lowest BCUT2D eigenvalue weighted by atomic mass is 9.80. The predicted molar refractivity (Wildman–Crippen MR) is 79.5 cm³/mol. The van der Waals surface area contributed by atoms with E-state index in [1.807, 2.05) is 6.92 Å². The topological polar surface area (TPSA) is 126 Å². The number of hydrogen-bond acceptors (Lipinski definition) is 8. The summed E-state index contributed by atoms with van der Waals surface area (Å²) in [5.41, 5.74) is 0. The summed E-state index contributed by atoms with van der Waals surface area (Å²) in [7, 11) is 0. The van der Waals surface area contributed by atoms with Gasteiger partial charge >= 0.3 is 5.97 Å². The van der Waals surface area contributed by atoms with Crippen LogP contribution in [0.2, 0.25) is 0 Å². The van der Waals surface area contributed by atoms with Crippen molar-refractivity contribution in [2.75, 3.05) is 19.8 Å². The fourth-order valence-electron chi connectivity index (χ4n) is 4.18. The zero-order chi connectivity index (χ0) is 17.4. The Hall–Kier alpha value is -0.770. The summed E-state index contributed by atoms with van der Waals surface area (Å²) < 4.78 is 16.2. The lowest BCUT2D eigenvalue weighted by molar-refractivity contribution is -0.305. The number of esters is 1. The smallest absolute Gasteiger partial charge is 0.309 e. The summed E-state index contributed by atoms with van der Waals surface area (Å²) in [6.45, 7) is 2.04. The third-order valence-electron chi connectivity index (χ3n) is 5.67. The van der Waals surface area contributed by atoms with Crippen molar-refractivity contribution in [3.63, 3.8) is 0 Å². The molecule has 3 fully saturated rings. The highest BCUT2D eigenvalue weighted by atomic mass is 16.7. The molecule has 0 aromatic heterocycles. The average Bonchev–Trinajstić information content (AvgIpc) is 2.97. The average molecular weight is 346 g/mol. The molecule has 8 heteroatoms. The molecule has 8 nitrogen and oxygen atoms in total. The van der Waals surface area contributed by atoms with Crippen molar-refractivity contribution >= 4 is 5.97 Å². The van der Waals surface area contributed by atoms with Crippen LogP contribution in [0.1, 0.15) is 19.8 Å². The van der Waals surface area contributed by atoms with E-state index < -0.39 is 37.3 Å². The van der Waals surface area contributed by atoms with Crippen molar-refractivity contribution in [1.82, 2.24) is 0 Å². The largest absolute Gasteiger partial charge is 0.465 e. The number of rotatable bonds is 4. The van der Waals surface area contributed by atoms with Gasteiger partial charge in [0.2, 0.25) is 0 Å². The number of aliphatic hydroxyl groups excluding tert-OH is 4. The molecule has 0 aromatic rings. The van der Waals surface area contributed by atoms with Gasteiger partial charge in [0.25, 0.3) is 0 Å². The minimum atomic E-state index is -1.45. The molecule has 0 bridgehead atoms. The number of ether oxygens (including phenoxy) is 3. The van der Waals surface area contributed by atoms with Crippen LogP contribution in [0, 0.1) is 23.7 Å². The highest BCUT2D eigenvalue weighted by molar-refractivity contribution is 5.74. The molecule has 0 unspecified atom stereocenters. The summed E-state index contributed by atoms with van der Waals surface area (Å²) in [5, 5.41) is 38.7. The fraction of sp³-hybridized carbons (Fsp3) is 0.938. The van der Waals surface area contributed by atoms with Gasteiger partial charge in [-0.05, 0) is 24.7 Å². The lowest BCUT2D eigenvalue weighted by Gasteiger charge is -2.41. The molecule has 1 saturated carbocycles. The zero-order valence-electron chi connectivity index (χ0n) is 13.7. The van der Waals surface area contributed by atoms with E-state index in [1.165, 1.54) is 0 Å². The molecule has 9 atom stereocenters. The third kappa shape index (κ3) is 3.18. The van der Waals surface area contributed by atoms with E-state index in [1.54, 1.807) is 0 Å². The molecule has 24 heavy (non-hydrogen) atoms. The minimum Gasteiger partial charge on any atom is -0.465 e. The predicted octanol–water partition coefficient (Wildman–Crippen LogP) is -1.36. The molecule has 4 N–H and O–H groups in total. The van der Waals surface area contributed by atoms with Crippen LogP contribution in [-0.2, 0) is 19.0 Å². The van der Waals surface area contributed by atoms with Crippen LogP contribution >= 0.6 is 0 Å². The van der Waals surface area contributed by atoms with Gasteiger partial charge in [-0.25, -0.2) is 0 Å². The zero-order valence-corrected chi connectivity index (χ0v) is 13.7. The number of carbonyl (C=O) groups excluding carboxylic acids is 1.